The minimum Gasteiger partial charge on any atom is -0.508 e. The molecule has 0 bridgehead atoms. The fourth-order valence-corrected chi connectivity index (χ4v) is 1.95. The summed E-state index contributed by atoms with van der Waals surface area (Å²) in [7, 11) is 0. The highest BCUT2D eigenvalue weighted by molar-refractivity contribution is 7.99. The minimum absolute atomic E-state index is 0.269. The van der Waals surface area contributed by atoms with Crippen LogP contribution in [-0.2, 0) is 0 Å². The third-order valence-electron chi connectivity index (χ3n) is 2.25. The number of benzene rings is 1. The number of phenolic OH excluding ortho intramolecular Hbond substituents is 1. The van der Waals surface area contributed by atoms with Crippen LogP contribution in [0, 0.1) is 13.8 Å². The van der Waals surface area contributed by atoms with E-state index in [9.17, 15) is 0 Å². The first kappa shape index (κ1) is 11.0. The summed E-state index contributed by atoms with van der Waals surface area (Å²) in [6, 6.07) is 7.00. The van der Waals surface area contributed by atoms with Crippen molar-refractivity contribution in [1.82, 2.24) is 9.97 Å². The molecule has 0 atom stereocenters. The number of aromatic nitrogens is 2. The third-order valence-corrected chi connectivity index (χ3v) is 3.14. The molecule has 4 heteroatoms. The van der Waals surface area contributed by atoms with Crippen molar-refractivity contribution < 1.29 is 5.11 Å². The first-order valence-electron chi connectivity index (χ1n) is 4.92. The van der Waals surface area contributed by atoms with E-state index in [1.165, 1.54) is 11.8 Å². The first-order chi connectivity index (χ1) is 7.65. The molecule has 0 spiro atoms. The lowest BCUT2D eigenvalue weighted by Crippen LogP contribution is -1.92. The van der Waals surface area contributed by atoms with Gasteiger partial charge in [0.05, 0.1) is 0 Å². The molecule has 0 aliphatic carbocycles. The van der Waals surface area contributed by atoms with Crippen LogP contribution in [0.3, 0.4) is 0 Å². The van der Waals surface area contributed by atoms with Crippen LogP contribution in [0.15, 0.2) is 40.5 Å². The van der Waals surface area contributed by atoms with Gasteiger partial charge in [-0.3, -0.25) is 0 Å². The smallest absolute Gasteiger partial charge is 0.192 e. The van der Waals surface area contributed by atoms with E-state index < -0.39 is 0 Å². The van der Waals surface area contributed by atoms with Crippen molar-refractivity contribution in [2.75, 3.05) is 0 Å². The van der Waals surface area contributed by atoms with Crippen LogP contribution >= 0.6 is 11.8 Å². The molecule has 3 nitrogen and oxygen atoms in total. The van der Waals surface area contributed by atoms with Crippen molar-refractivity contribution >= 4 is 11.8 Å². The Kier molecular flexibility index (Phi) is 3.10. The van der Waals surface area contributed by atoms with Crippen LogP contribution in [0.1, 0.15) is 11.3 Å². The lowest BCUT2D eigenvalue weighted by Gasteiger charge is -2.03. The number of hydrogen-bond donors (Lipinski definition) is 1. The van der Waals surface area contributed by atoms with Crippen LogP contribution < -0.4 is 0 Å². The molecule has 82 valence electrons. The molecule has 1 aromatic carbocycles. The zero-order valence-electron chi connectivity index (χ0n) is 9.14. The molecule has 0 unspecified atom stereocenters. The summed E-state index contributed by atoms with van der Waals surface area (Å²) in [4.78, 5) is 9.64. The number of hydrogen-bond acceptors (Lipinski definition) is 4. The minimum atomic E-state index is 0.269. The van der Waals surface area contributed by atoms with Gasteiger partial charge in [0, 0.05) is 16.8 Å². The van der Waals surface area contributed by atoms with Crippen LogP contribution in [-0.4, -0.2) is 15.1 Å². The summed E-state index contributed by atoms with van der Waals surface area (Å²) < 4.78 is 0. The number of aromatic hydroxyl groups is 1. The fraction of sp³-hybridized carbons (Fsp3) is 0.167. The van der Waals surface area contributed by atoms with E-state index in [0.29, 0.717) is 0 Å². The Hall–Kier alpha value is -1.55. The number of nitrogens with zero attached hydrogens (tertiary/aromatic N) is 2. The van der Waals surface area contributed by atoms with Crippen molar-refractivity contribution in [1.29, 1.82) is 0 Å². The molecule has 16 heavy (non-hydrogen) atoms. The van der Waals surface area contributed by atoms with Gasteiger partial charge in [0.2, 0.25) is 0 Å². The largest absolute Gasteiger partial charge is 0.508 e. The molecular formula is C12H12N2OS. The molecule has 0 aliphatic heterocycles. The molecule has 1 aromatic heterocycles. The van der Waals surface area contributed by atoms with Crippen LogP contribution in [0.2, 0.25) is 0 Å². The Morgan fingerprint density at radius 2 is 1.81 bits per heavy atom. The third kappa shape index (κ3) is 2.52. The lowest BCUT2D eigenvalue weighted by molar-refractivity contribution is 0.475. The summed E-state index contributed by atoms with van der Waals surface area (Å²) in [6.07, 6.45) is 1.82. The maximum atomic E-state index is 9.16. The molecule has 2 rings (SSSR count). The maximum Gasteiger partial charge on any atom is 0.192 e. The monoisotopic (exact) mass is 232 g/mol. The van der Waals surface area contributed by atoms with Gasteiger partial charge in [-0.25, -0.2) is 9.97 Å². The van der Waals surface area contributed by atoms with Crippen molar-refractivity contribution in [2.45, 2.75) is 23.9 Å². The highest BCUT2D eigenvalue weighted by Gasteiger charge is 2.02. The molecule has 0 fully saturated rings. The van der Waals surface area contributed by atoms with E-state index >= 15 is 0 Å². The summed E-state index contributed by atoms with van der Waals surface area (Å²) >= 11 is 1.49. The first-order valence-corrected chi connectivity index (χ1v) is 5.74. The second-order valence-electron chi connectivity index (χ2n) is 3.52. The molecule has 0 radical (unpaired) electrons. The van der Waals surface area contributed by atoms with Gasteiger partial charge in [-0.15, -0.1) is 0 Å². The molecule has 0 aliphatic rings. The molecular weight excluding hydrogens is 220 g/mol. The van der Waals surface area contributed by atoms with E-state index in [2.05, 4.69) is 9.97 Å². The maximum absolute atomic E-state index is 9.16. The van der Waals surface area contributed by atoms with E-state index in [0.717, 1.165) is 21.3 Å². The Labute approximate surface area is 98.6 Å². The Morgan fingerprint density at radius 1 is 1.12 bits per heavy atom. The van der Waals surface area contributed by atoms with Crippen molar-refractivity contribution in [3.8, 4) is 5.75 Å². The number of aryl methyl sites for hydroxylation is 2. The zero-order chi connectivity index (χ0) is 11.5. The van der Waals surface area contributed by atoms with Crippen LogP contribution in [0.4, 0.5) is 0 Å². The van der Waals surface area contributed by atoms with E-state index in [-0.39, 0.29) is 5.75 Å². The Morgan fingerprint density at radius 3 is 2.44 bits per heavy atom. The highest BCUT2D eigenvalue weighted by atomic mass is 32.2. The summed E-state index contributed by atoms with van der Waals surface area (Å²) in [5, 5.41) is 9.89. The van der Waals surface area contributed by atoms with Crippen molar-refractivity contribution in [3.63, 3.8) is 0 Å². The predicted molar refractivity (Wildman–Crippen MR) is 63.7 cm³/mol. The standard InChI is InChI=1S/C12H12N2OS/c1-8-7-13-12(14-9(8)2)16-11-5-3-10(15)4-6-11/h3-7,15H,1-2H3. The van der Waals surface area contributed by atoms with E-state index in [4.69, 9.17) is 5.11 Å². The molecule has 1 heterocycles. The summed E-state index contributed by atoms with van der Waals surface area (Å²) in [5.74, 6) is 0.269. The van der Waals surface area contributed by atoms with Crippen LogP contribution in [0.25, 0.3) is 0 Å². The second-order valence-corrected chi connectivity index (χ2v) is 4.56. The van der Waals surface area contributed by atoms with Gasteiger partial charge in [-0.1, -0.05) is 0 Å². The molecule has 0 saturated heterocycles. The SMILES string of the molecule is Cc1cnc(Sc2ccc(O)cc2)nc1C. The molecule has 0 saturated carbocycles. The fourth-order valence-electron chi connectivity index (χ4n) is 1.17. The quantitative estimate of drug-likeness (QED) is 0.809. The Bertz CT molecular complexity index is 497. The molecule has 2 aromatic rings. The second kappa shape index (κ2) is 4.53. The predicted octanol–water partition coefficient (Wildman–Crippen LogP) is 2.95. The molecule has 1 N–H and O–H groups in total. The van der Waals surface area contributed by atoms with E-state index in [1.807, 2.05) is 32.2 Å². The van der Waals surface area contributed by atoms with Crippen LogP contribution in [0.5, 0.6) is 5.75 Å². The average molecular weight is 232 g/mol. The van der Waals surface area contributed by atoms with Gasteiger partial charge >= 0.3 is 0 Å². The van der Waals surface area contributed by atoms with E-state index in [1.54, 1.807) is 12.1 Å². The molecule has 0 amide bonds. The number of rotatable bonds is 2. The highest BCUT2D eigenvalue weighted by Crippen LogP contribution is 2.26. The topological polar surface area (TPSA) is 46.0 Å². The normalized spacial score (nSPS) is 10.4. The number of phenols is 1. The van der Waals surface area contributed by atoms with Gasteiger partial charge in [0.25, 0.3) is 0 Å². The lowest BCUT2D eigenvalue weighted by atomic mass is 10.3. The van der Waals surface area contributed by atoms with Gasteiger partial charge in [0.1, 0.15) is 5.75 Å². The van der Waals surface area contributed by atoms with Gasteiger partial charge < -0.3 is 5.11 Å². The van der Waals surface area contributed by atoms with Crippen molar-refractivity contribution in [3.05, 3.63) is 41.7 Å². The summed E-state index contributed by atoms with van der Waals surface area (Å²) in [6.45, 7) is 3.96. The van der Waals surface area contributed by atoms with Crippen molar-refractivity contribution in [2.24, 2.45) is 0 Å². The summed E-state index contributed by atoms with van der Waals surface area (Å²) in [5.41, 5.74) is 2.09. The van der Waals surface area contributed by atoms with Gasteiger partial charge in [-0.05, 0) is 55.4 Å². The van der Waals surface area contributed by atoms with Gasteiger partial charge in [-0.2, -0.15) is 0 Å². The zero-order valence-corrected chi connectivity index (χ0v) is 9.95. The average Bonchev–Trinajstić information content (AvgIpc) is 2.27. The Balaban J connectivity index is 2.20. The van der Waals surface area contributed by atoms with Gasteiger partial charge in [0.15, 0.2) is 5.16 Å².